The summed E-state index contributed by atoms with van der Waals surface area (Å²) >= 11 is 0. The number of anilines is 1. The van der Waals surface area contributed by atoms with E-state index in [0.29, 0.717) is 11.6 Å². The van der Waals surface area contributed by atoms with E-state index in [1.165, 1.54) is 11.1 Å². The van der Waals surface area contributed by atoms with Gasteiger partial charge in [0.05, 0.1) is 5.69 Å². The second-order valence-electron chi connectivity index (χ2n) is 6.79. The van der Waals surface area contributed by atoms with Crippen molar-refractivity contribution in [3.05, 3.63) is 53.6 Å². The highest BCUT2D eigenvalue weighted by Gasteiger charge is 2.23. The van der Waals surface area contributed by atoms with E-state index < -0.39 is 0 Å². The molecule has 2 heteroatoms. The summed E-state index contributed by atoms with van der Waals surface area (Å²) in [5.74, 6) is 2.10. The molecule has 2 aromatic carbocycles. The van der Waals surface area contributed by atoms with Crippen LogP contribution in [0.25, 0.3) is 0 Å². The van der Waals surface area contributed by atoms with E-state index in [-0.39, 0.29) is 5.41 Å². The van der Waals surface area contributed by atoms with Crippen LogP contribution in [-0.2, 0) is 5.41 Å². The van der Waals surface area contributed by atoms with Crippen LogP contribution >= 0.6 is 0 Å². The van der Waals surface area contributed by atoms with Crippen LogP contribution in [0.5, 0.6) is 11.5 Å². The van der Waals surface area contributed by atoms with Crippen LogP contribution in [0.1, 0.15) is 58.1 Å². The zero-order chi connectivity index (χ0) is 16.3. The smallest absolute Gasteiger partial charge is 0.150 e. The quantitative estimate of drug-likeness (QED) is 0.700. The number of hydrogen-bond donors (Lipinski definition) is 1. The van der Waals surface area contributed by atoms with Gasteiger partial charge < -0.3 is 10.5 Å². The van der Waals surface area contributed by atoms with Crippen LogP contribution in [0, 0.1) is 0 Å². The zero-order valence-electron chi connectivity index (χ0n) is 14.3. The van der Waals surface area contributed by atoms with E-state index >= 15 is 0 Å². The van der Waals surface area contributed by atoms with Gasteiger partial charge >= 0.3 is 0 Å². The van der Waals surface area contributed by atoms with Crippen molar-refractivity contribution in [1.82, 2.24) is 0 Å². The number of rotatable bonds is 5. The fourth-order valence-corrected chi connectivity index (χ4v) is 2.42. The molecule has 0 saturated carbocycles. The predicted octanol–water partition coefficient (Wildman–Crippen LogP) is 5.87. The Bertz CT molecular complexity index is 644. The highest BCUT2D eigenvalue weighted by Crippen LogP contribution is 2.39. The van der Waals surface area contributed by atoms with Gasteiger partial charge in [0, 0.05) is 5.56 Å². The molecule has 0 heterocycles. The third-order valence-corrected chi connectivity index (χ3v) is 4.42. The Balaban J connectivity index is 2.50. The van der Waals surface area contributed by atoms with Crippen molar-refractivity contribution in [2.75, 3.05) is 5.73 Å². The summed E-state index contributed by atoms with van der Waals surface area (Å²) in [6.07, 6.45) is 1.05. The second kappa shape index (κ2) is 6.43. The molecule has 2 aromatic rings. The zero-order valence-corrected chi connectivity index (χ0v) is 14.3. The molecule has 0 fully saturated rings. The molecule has 0 aliphatic rings. The highest BCUT2D eigenvalue weighted by molar-refractivity contribution is 5.55. The van der Waals surface area contributed by atoms with Crippen molar-refractivity contribution in [1.29, 1.82) is 0 Å². The molecule has 0 radical (unpaired) electrons. The van der Waals surface area contributed by atoms with E-state index in [4.69, 9.17) is 10.5 Å². The number of nitrogen functional groups attached to an aromatic ring is 1. The molecule has 2 rings (SSSR count). The van der Waals surface area contributed by atoms with Gasteiger partial charge in [0.15, 0.2) is 0 Å². The first-order chi connectivity index (χ1) is 10.3. The maximum absolute atomic E-state index is 6.19. The van der Waals surface area contributed by atoms with Gasteiger partial charge in [-0.2, -0.15) is 0 Å². The summed E-state index contributed by atoms with van der Waals surface area (Å²) in [4.78, 5) is 0. The van der Waals surface area contributed by atoms with Gasteiger partial charge in [-0.15, -0.1) is 0 Å². The average Bonchev–Trinajstić information content (AvgIpc) is 2.49. The third-order valence-electron chi connectivity index (χ3n) is 4.42. The third kappa shape index (κ3) is 3.44. The van der Waals surface area contributed by atoms with Crippen molar-refractivity contribution in [3.8, 4) is 11.5 Å². The van der Waals surface area contributed by atoms with Gasteiger partial charge in [-0.05, 0) is 41.5 Å². The van der Waals surface area contributed by atoms with Gasteiger partial charge in [-0.25, -0.2) is 0 Å². The minimum absolute atomic E-state index is 0.0639. The number of para-hydroxylation sites is 2. The first-order valence-electron chi connectivity index (χ1n) is 8.02. The van der Waals surface area contributed by atoms with Crippen LogP contribution in [0.4, 0.5) is 5.69 Å². The van der Waals surface area contributed by atoms with E-state index in [9.17, 15) is 0 Å². The summed E-state index contributed by atoms with van der Waals surface area (Å²) in [5.41, 5.74) is 9.26. The molecule has 0 bridgehead atoms. The number of benzene rings is 2. The van der Waals surface area contributed by atoms with Gasteiger partial charge in [-0.3, -0.25) is 0 Å². The van der Waals surface area contributed by atoms with Crippen molar-refractivity contribution in [2.24, 2.45) is 0 Å². The van der Waals surface area contributed by atoms with Crippen molar-refractivity contribution < 1.29 is 4.74 Å². The molecular formula is C20H27NO. The Kier molecular flexibility index (Phi) is 4.80. The summed E-state index contributed by atoms with van der Waals surface area (Å²) in [5, 5.41) is 0. The Labute approximate surface area is 134 Å². The Hall–Kier alpha value is -1.96. The lowest BCUT2D eigenvalue weighted by Gasteiger charge is -2.27. The molecule has 118 valence electrons. The Morgan fingerprint density at radius 2 is 1.73 bits per heavy atom. The highest BCUT2D eigenvalue weighted by atomic mass is 16.5. The molecule has 2 N–H and O–H groups in total. The van der Waals surface area contributed by atoms with E-state index in [2.05, 4.69) is 52.8 Å². The fourth-order valence-electron chi connectivity index (χ4n) is 2.42. The Morgan fingerprint density at radius 1 is 1.05 bits per heavy atom. The van der Waals surface area contributed by atoms with E-state index in [1.54, 1.807) is 0 Å². The topological polar surface area (TPSA) is 35.2 Å². The van der Waals surface area contributed by atoms with Gasteiger partial charge in [0.25, 0.3) is 0 Å². The van der Waals surface area contributed by atoms with Gasteiger partial charge in [0.2, 0.25) is 0 Å². The Morgan fingerprint density at radius 3 is 2.32 bits per heavy atom. The van der Waals surface area contributed by atoms with Crippen molar-refractivity contribution >= 4 is 5.69 Å². The SMILES string of the molecule is CCC(C)(C)c1ccc(C(C)C)cc1Oc1ccccc1N. The first kappa shape index (κ1) is 16.4. The summed E-state index contributed by atoms with van der Waals surface area (Å²) in [7, 11) is 0. The molecule has 0 amide bonds. The standard InChI is InChI=1S/C20H27NO/c1-6-20(4,5)16-12-11-15(14(2)3)13-19(16)22-18-10-8-7-9-17(18)21/h7-14H,6,21H2,1-5H3. The summed E-state index contributed by atoms with van der Waals surface area (Å²) < 4.78 is 6.19. The predicted molar refractivity (Wildman–Crippen MR) is 94.8 cm³/mol. The van der Waals surface area contributed by atoms with Crippen LogP contribution in [0.3, 0.4) is 0 Å². The monoisotopic (exact) mass is 297 g/mol. The molecule has 0 saturated heterocycles. The summed E-state index contributed by atoms with van der Waals surface area (Å²) in [6.45, 7) is 11.1. The number of ether oxygens (including phenoxy) is 1. The van der Waals surface area contributed by atoms with Crippen LogP contribution in [0.15, 0.2) is 42.5 Å². The van der Waals surface area contributed by atoms with E-state index in [0.717, 1.165) is 17.9 Å². The molecule has 0 unspecified atom stereocenters. The van der Waals surface area contributed by atoms with Crippen molar-refractivity contribution in [2.45, 2.75) is 52.4 Å². The molecule has 0 aliphatic heterocycles. The van der Waals surface area contributed by atoms with Gasteiger partial charge in [-0.1, -0.05) is 58.9 Å². The maximum Gasteiger partial charge on any atom is 0.150 e. The lowest BCUT2D eigenvalue weighted by molar-refractivity contribution is 0.437. The second-order valence-corrected chi connectivity index (χ2v) is 6.79. The molecule has 2 nitrogen and oxygen atoms in total. The average molecular weight is 297 g/mol. The molecule has 0 aliphatic carbocycles. The van der Waals surface area contributed by atoms with Crippen LogP contribution in [-0.4, -0.2) is 0 Å². The molecular weight excluding hydrogens is 270 g/mol. The van der Waals surface area contributed by atoms with Gasteiger partial charge in [0.1, 0.15) is 11.5 Å². The normalized spacial score (nSPS) is 11.7. The van der Waals surface area contributed by atoms with Crippen LogP contribution in [0.2, 0.25) is 0 Å². The lowest BCUT2D eigenvalue weighted by atomic mass is 9.81. The van der Waals surface area contributed by atoms with Crippen LogP contribution < -0.4 is 10.5 Å². The molecule has 0 aromatic heterocycles. The molecule has 0 atom stereocenters. The molecule has 22 heavy (non-hydrogen) atoms. The fraction of sp³-hybridized carbons (Fsp3) is 0.400. The minimum atomic E-state index is 0.0639. The maximum atomic E-state index is 6.19. The number of hydrogen-bond acceptors (Lipinski definition) is 2. The largest absolute Gasteiger partial charge is 0.455 e. The number of nitrogens with two attached hydrogens (primary N) is 1. The van der Waals surface area contributed by atoms with E-state index in [1.807, 2.05) is 24.3 Å². The molecule has 0 spiro atoms. The minimum Gasteiger partial charge on any atom is -0.455 e. The van der Waals surface area contributed by atoms with Crippen molar-refractivity contribution in [3.63, 3.8) is 0 Å². The summed E-state index contributed by atoms with van der Waals surface area (Å²) in [6, 6.07) is 14.2. The lowest BCUT2D eigenvalue weighted by Crippen LogP contribution is -2.17. The first-order valence-corrected chi connectivity index (χ1v) is 8.02.